The number of amides is 1. The minimum absolute atomic E-state index is 0.0699. The number of anilines is 4. The molecule has 1 aromatic carbocycles. The van der Waals surface area contributed by atoms with Gasteiger partial charge in [0.25, 0.3) is 0 Å². The van der Waals surface area contributed by atoms with E-state index in [1.165, 1.54) is 7.11 Å². The van der Waals surface area contributed by atoms with Crippen LogP contribution in [0.15, 0.2) is 36.4 Å². The van der Waals surface area contributed by atoms with Gasteiger partial charge in [0.2, 0.25) is 5.95 Å². The van der Waals surface area contributed by atoms with E-state index >= 15 is 0 Å². The Balaban J connectivity index is 1.79. The Morgan fingerprint density at radius 1 is 1.12 bits per heavy atom. The predicted octanol–water partition coefficient (Wildman–Crippen LogP) is 5.27. The Hall–Kier alpha value is -3.82. The van der Waals surface area contributed by atoms with E-state index in [-0.39, 0.29) is 17.2 Å². The molecule has 2 aromatic heterocycles. The minimum atomic E-state index is -0.713. The van der Waals surface area contributed by atoms with Crippen molar-refractivity contribution in [1.29, 1.82) is 0 Å². The maximum absolute atomic E-state index is 13.7. The Morgan fingerprint density at radius 3 is 2.48 bits per heavy atom. The average Bonchev–Trinajstić information content (AvgIpc) is 3.49. The van der Waals surface area contributed by atoms with Crippen molar-refractivity contribution in [3.63, 3.8) is 0 Å². The zero-order valence-electron chi connectivity index (χ0n) is 18.5. The number of aromatic nitrogens is 3. The molecule has 2 heterocycles. The summed E-state index contributed by atoms with van der Waals surface area (Å²) in [7, 11) is 1.27. The van der Waals surface area contributed by atoms with E-state index in [4.69, 9.17) is 0 Å². The first-order valence-electron chi connectivity index (χ1n) is 10.5. The molecule has 172 valence electrons. The third-order valence-corrected chi connectivity index (χ3v) is 5.31. The summed E-state index contributed by atoms with van der Waals surface area (Å²) in [5, 5.41) is 8.90. The van der Waals surface area contributed by atoms with Crippen molar-refractivity contribution in [3.05, 3.63) is 53.6 Å². The third kappa shape index (κ3) is 5.33. The van der Waals surface area contributed by atoms with Gasteiger partial charge in [-0.25, -0.2) is 23.5 Å². The van der Waals surface area contributed by atoms with Gasteiger partial charge in [-0.05, 0) is 50.5 Å². The minimum Gasteiger partial charge on any atom is -0.453 e. The Bertz CT molecular complexity index is 1180. The van der Waals surface area contributed by atoms with Crippen LogP contribution in [0.3, 0.4) is 0 Å². The Kier molecular flexibility index (Phi) is 6.08. The molecule has 3 N–H and O–H groups in total. The number of methoxy groups -OCH3 is 1. The van der Waals surface area contributed by atoms with Crippen LogP contribution in [0.25, 0.3) is 11.4 Å². The highest BCUT2D eigenvalue weighted by Gasteiger charge is 2.38. The number of hydrogen-bond acceptors (Lipinski definition) is 7. The first kappa shape index (κ1) is 22.4. The summed E-state index contributed by atoms with van der Waals surface area (Å²) in [6, 6.07) is 8.24. The molecule has 1 fully saturated rings. The summed E-state index contributed by atoms with van der Waals surface area (Å²) >= 11 is 0. The number of halogens is 2. The van der Waals surface area contributed by atoms with E-state index in [0.717, 1.165) is 36.6 Å². The molecule has 0 unspecified atom stereocenters. The van der Waals surface area contributed by atoms with E-state index in [9.17, 15) is 13.6 Å². The maximum atomic E-state index is 13.7. The van der Waals surface area contributed by atoms with Gasteiger partial charge in [-0.15, -0.1) is 0 Å². The lowest BCUT2D eigenvalue weighted by atomic mass is 10.1. The van der Waals surface area contributed by atoms with Crippen LogP contribution in [0, 0.1) is 11.6 Å². The highest BCUT2D eigenvalue weighted by atomic mass is 19.1. The normalized spacial score (nSPS) is 13.8. The molecule has 3 aromatic rings. The lowest BCUT2D eigenvalue weighted by Crippen LogP contribution is -2.20. The third-order valence-electron chi connectivity index (χ3n) is 5.31. The van der Waals surface area contributed by atoms with Crippen LogP contribution in [0.4, 0.5) is 36.8 Å². The number of nitrogens with zero attached hydrogens (tertiary/aromatic N) is 3. The number of carbonyl (C=O) groups is 1. The van der Waals surface area contributed by atoms with E-state index in [2.05, 4.69) is 42.6 Å². The van der Waals surface area contributed by atoms with Crippen molar-refractivity contribution in [2.75, 3.05) is 23.1 Å². The lowest BCUT2D eigenvalue weighted by molar-refractivity contribution is 0.187. The molecule has 10 heteroatoms. The van der Waals surface area contributed by atoms with Gasteiger partial charge in [0.1, 0.15) is 23.3 Å². The van der Waals surface area contributed by atoms with Crippen LogP contribution in [-0.4, -0.2) is 33.7 Å². The van der Waals surface area contributed by atoms with E-state index in [0.29, 0.717) is 29.4 Å². The second-order valence-corrected chi connectivity index (χ2v) is 8.07. The molecule has 4 rings (SSSR count). The molecule has 0 atom stereocenters. The fourth-order valence-corrected chi connectivity index (χ4v) is 3.34. The van der Waals surface area contributed by atoms with Crippen molar-refractivity contribution in [2.24, 2.45) is 0 Å². The number of hydrogen-bond donors (Lipinski definition) is 3. The lowest BCUT2D eigenvalue weighted by Gasteiger charge is -2.19. The number of carbonyl (C=O) groups excluding carboxylic acids is 1. The fourth-order valence-electron chi connectivity index (χ4n) is 3.34. The number of rotatable bonds is 7. The standard InChI is InChI=1S/C23H24F2N6O2/c1-4-16-19(17-6-5-7-18(27-17)28-22(32)33-3)29-21(30-20(16)31-23(2)8-9-23)26-15-11-13(24)10-14(25)12-15/h5-7,10-12H,4,8-9H2,1-3H3,(H,27,28,32)(H2,26,29,30,31). The van der Waals surface area contributed by atoms with Gasteiger partial charge in [-0.2, -0.15) is 4.98 Å². The summed E-state index contributed by atoms with van der Waals surface area (Å²) in [6.07, 6.45) is 1.98. The van der Waals surface area contributed by atoms with Gasteiger partial charge in [0.05, 0.1) is 18.5 Å². The first-order chi connectivity index (χ1) is 15.8. The highest BCUT2D eigenvalue weighted by molar-refractivity contribution is 5.83. The monoisotopic (exact) mass is 454 g/mol. The molecule has 0 radical (unpaired) electrons. The number of benzene rings is 1. The van der Waals surface area contributed by atoms with E-state index in [1.54, 1.807) is 18.2 Å². The summed E-state index contributed by atoms with van der Waals surface area (Å²) in [5.74, 6) is -0.350. The Labute approximate surface area is 189 Å². The van der Waals surface area contributed by atoms with Crippen LogP contribution in [0.1, 0.15) is 32.3 Å². The molecule has 0 saturated heterocycles. The predicted molar refractivity (Wildman–Crippen MR) is 122 cm³/mol. The molecule has 0 aliphatic heterocycles. The fraction of sp³-hybridized carbons (Fsp3) is 0.304. The smallest absolute Gasteiger partial charge is 0.412 e. The molecule has 1 saturated carbocycles. The summed E-state index contributed by atoms with van der Waals surface area (Å²) in [5.41, 5.74) is 1.98. The zero-order valence-corrected chi connectivity index (χ0v) is 18.5. The molecule has 0 spiro atoms. The van der Waals surface area contributed by atoms with Gasteiger partial charge in [-0.1, -0.05) is 13.0 Å². The van der Waals surface area contributed by atoms with Crippen molar-refractivity contribution in [2.45, 2.75) is 38.6 Å². The molecule has 33 heavy (non-hydrogen) atoms. The quantitative estimate of drug-likeness (QED) is 0.447. The molecular weight excluding hydrogens is 430 g/mol. The second-order valence-electron chi connectivity index (χ2n) is 8.07. The van der Waals surface area contributed by atoms with Crippen molar-refractivity contribution in [3.8, 4) is 11.4 Å². The molecule has 0 bridgehead atoms. The van der Waals surface area contributed by atoms with E-state index in [1.807, 2.05) is 6.92 Å². The molecule has 1 aliphatic carbocycles. The zero-order chi connectivity index (χ0) is 23.6. The van der Waals surface area contributed by atoms with Gasteiger partial charge in [0, 0.05) is 22.9 Å². The van der Waals surface area contributed by atoms with Crippen LogP contribution in [-0.2, 0) is 11.2 Å². The molecule has 1 aliphatic rings. The number of nitrogens with one attached hydrogen (secondary N) is 3. The van der Waals surface area contributed by atoms with E-state index < -0.39 is 17.7 Å². The molecular formula is C23H24F2N6O2. The summed E-state index contributed by atoms with van der Waals surface area (Å²) < 4.78 is 32.0. The summed E-state index contributed by atoms with van der Waals surface area (Å²) in [6.45, 7) is 4.08. The molecule has 1 amide bonds. The molecule has 8 nitrogen and oxygen atoms in total. The average molecular weight is 454 g/mol. The summed E-state index contributed by atoms with van der Waals surface area (Å²) in [4.78, 5) is 25.3. The first-order valence-corrected chi connectivity index (χ1v) is 10.5. The van der Waals surface area contributed by atoms with Gasteiger partial charge in [0.15, 0.2) is 0 Å². The van der Waals surface area contributed by atoms with Gasteiger partial charge >= 0.3 is 6.09 Å². The number of pyridine rings is 1. The largest absolute Gasteiger partial charge is 0.453 e. The highest BCUT2D eigenvalue weighted by Crippen LogP contribution is 2.40. The van der Waals surface area contributed by atoms with Crippen molar-refractivity contribution < 1.29 is 18.3 Å². The van der Waals surface area contributed by atoms with Gasteiger partial charge in [-0.3, -0.25) is 5.32 Å². The second kappa shape index (κ2) is 8.97. The maximum Gasteiger partial charge on any atom is 0.412 e. The van der Waals surface area contributed by atoms with Crippen molar-refractivity contribution in [1.82, 2.24) is 15.0 Å². The Morgan fingerprint density at radius 2 is 1.85 bits per heavy atom. The van der Waals surface area contributed by atoms with Crippen LogP contribution in [0.2, 0.25) is 0 Å². The number of ether oxygens (including phenoxy) is 1. The van der Waals surface area contributed by atoms with Crippen LogP contribution in [0.5, 0.6) is 0 Å². The van der Waals surface area contributed by atoms with Crippen molar-refractivity contribution >= 4 is 29.4 Å². The van der Waals surface area contributed by atoms with Crippen LogP contribution < -0.4 is 16.0 Å². The van der Waals surface area contributed by atoms with Crippen LogP contribution >= 0.6 is 0 Å². The van der Waals surface area contributed by atoms with Gasteiger partial charge < -0.3 is 15.4 Å². The topological polar surface area (TPSA) is 101 Å². The SMILES string of the molecule is CCc1c(NC2(C)CC2)nc(Nc2cc(F)cc(F)c2)nc1-c1cccc(NC(=O)OC)n1.